The molecule has 1 aromatic carbocycles. The van der Waals surface area contributed by atoms with E-state index in [0.717, 1.165) is 11.6 Å². The standard InChI is InChI=1S/C23H35N3O8Si/c1-15(21(29)26-18(22(30)31)13-19(27)33-11-12-35(3,4)5)24-20(28)16(2)25-23(32)34-14-17-9-7-6-8-10-17/h6-10,15-16,18H,11-14H2,1-5H3,(H,24,28)(H,25,32)(H,26,29)(H,30,31). The molecule has 0 radical (unpaired) electrons. The highest BCUT2D eigenvalue weighted by Gasteiger charge is 2.28. The van der Waals surface area contributed by atoms with Crippen LogP contribution in [0.15, 0.2) is 30.3 Å². The van der Waals surface area contributed by atoms with Crippen LogP contribution < -0.4 is 16.0 Å². The highest BCUT2D eigenvalue weighted by atomic mass is 28.3. The monoisotopic (exact) mass is 509 g/mol. The summed E-state index contributed by atoms with van der Waals surface area (Å²) in [7, 11) is -1.42. The second kappa shape index (κ2) is 14.1. The molecule has 35 heavy (non-hydrogen) atoms. The zero-order valence-corrected chi connectivity index (χ0v) is 21.8. The van der Waals surface area contributed by atoms with Gasteiger partial charge in [-0.1, -0.05) is 50.0 Å². The van der Waals surface area contributed by atoms with Crippen molar-refractivity contribution in [2.24, 2.45) is 0 Å². The van der Waals surface area contributed by atoms with Gasteiger partial charge in [0, 0.05) is 8.07 Å². The van der Waals surface area contributed by atoms with E-state index in [1.54, 1.807) is 24.3 Å². The zero-order valence-electron chi connectivity index (χ0n) is 20.8. The molecule has 0 saturated heterocycles. The number of carbonyl (C=O) groups is 5. The Hall–Kier alpha value is -3.41. The molecule has 4 N–H and O–H groups in total. The normalized spacial score (nSPS) is 13.5. The summed E-state index contributed by atoms with van der Waals surface area (Å²) in [4.78, 5) is 60.0. The molecule has 194 valence electrons. The Balaban J connectivity index is 2.48. The van der Waals surface area contributed by atoms with Crippen LogP contribution in [-0.2, 0) is 35.3 Å². The summed E-state index contributed by atoms with van der Waals surface area (Å²) >= 11 is 0. The summed E-state index contributed by atoms with van der Waals surface area (Å²) in [5.41, 5.74) is 0.776. The third-order valence-corrected chi connectivity index (χ3v) is 6.50. The molecular formula is C23H35N3O8Si. The predicted molar refractivity (Wildman–Crippen MR) is 130 cm³/mol. The number of carboxylic acids is 1. The zero-order chi connectivity index (χ0) is 26.6. The van der Waals surface area contributed by atoms with E-state index in [4.69, 9.17) is 9.47 Å². The molecule has 11 nitrogen and oxygen atoms in total. The second-order valence-electron chi connectivity index (χ2n) is 9.29. The number of esters is 1. The lowest BCUT2D eigenvalue weighted by atomic mass is 10.2. The summed E-state index contributed by atoms with van der Waals surface area (Å²) in [6.45, 7) is 9.30. The summed E-state index contributed by atoms with van der Waals surface area (Å²) in [6, 6.07) is 6.05. The van der Waals surface area contributed by atoms with Crippen LogP contribution in [-0.4, -0.2) is 67.8 Å². The van der Waals surface area contributed by atoms with Gasteiger partial charge < -0.3 is 30.5 Å². The average Bonchev–Trinajstić information content (AvgIpc) is 2.76. The maximum atomic E-state index is 12.4. The molecule has 1 rings (SSSR count). The van der Waals surface area contributed by atoms with E-state index >= 15 is 0 Å². The Bertz CT molecular complexity index is 889. The van der Waals surface area contributed by atoms with Gasteiger partial charge in [0.1, 0.15) is 24.7 Å². The molecule has 1 aromatic rings. The smallest absolute Gasteiger partial charge is 0.408 e. The number of carboxylic acid groups (broad SMARTS) is 1. The molecule has 3 amide bonds. The van der Waals surface area contributed by atoms with E-state index in [2.05, 4.69) is 35.6 Å². The number of ether oxygens (including phenoxy) is 2. The molecule has 0 fully saturated rings. The van der Waals surface area contributed by atoms with E-state index in [1.165, 1.54) is 13.8 Å². The minimum absolute atomic E-state index is 0.0248. The van der Waals surface area contributed by atoms with Crippen LogP contribution >= 0.6 is 0 Å². The SMILES string of the molecule is CC(NC(=O)OCc1ccccc1)C(=O)NC(C)C(=O)NC(CC(=O)OCC[Si](C)(C)C)C(=O)O. The van der Waals surface area contributed by atoms with Crippen LogP contribution in [0, 0.1) is 0 Å². The fraction of sp³-hybridized carbons (Fsp3) is 0.522. The topological polar surface area (TPSA) is 160 Å². The molecule has 0 bridgehead atoms. The summed E-state index contributed by atoms with van der Waals surface area (Å²) in [5.74, 6) is -3.63. The molecule has 3 unspecified atom stereocenters. The first-order valence-corrected chi connectivity index (χ1v) is 15.0. The summed E-state index contributed by atoms with van der Waals surface area (Å²) in [5, 5.41) is 16.3. The highest BCUT2D eigenvalue weighted by molar-refractivity contribution is 6.76. The van der Waals surface area contributed by atoms with Crippen LogP contribution in [0.25, 0.3) is 0 Å². The quantitative estimate of drug-likeness (QED) is 0.231. The summed E-state index contributed by atoms with van der Waals surface area (Å²) < 4.78 is 10.1. The molecule has 0 spiro atoms. The molecule has 0 saturated carbocycles. The minimum Gasteiger partial charge on any atom is -0.480 e. The fourth-order valence-electron chi connectivity index (χ4n) is 2.60. The van der Waals surface area contributed by atoms with Crippen LogP contribution in [0.5, 0.6) is 0 Å². The van der Waals surface area contributed by atoms with E-state index in [0.29, 0.717) is 0 Å². The second-order valence-corrected chi connectivity index (χ2v) is 14.9. The van der Waals surface area contributed by atoms with Crippen LogP contribution in [0.2, 0.25) is 25.7 Å². The molecule has 3 atom stereocenters. The molecule has 0 aliphatic carbocycles. The lowest BCUT2D eigenvalue weighted by Crippen LogP contribution is -2.54. The van der Waals surface area contributed by atoms with E-state index < -0.39 is 62.5 Å². The maximum Gasteiger partial charge on any atom is 0.408 e. The number of alkyl carbamates (subject to hydrolysis) is 1. The predicted octanol–water partition coefficient (Wildman–Crippen LogP) is 1.65. The molecule has 0 aliphatic rings. The summed E-state index contributed by atoms with van der Waals surface area (Å²) in [6.07, 6.45) is -1.36. The number of rotatable bonds is 13. The van der Waals surface area contributed by atoms with E-state index in [-0.39, 0.29) is 13.2 Å². The van der Waals surface area contributed by atoms with E-state index in [1.807, 2.05) is 6.07 Å². The Morgan fingerprint density at radius 3 is 2.03 bits per heavy atom. The van der Waals surface area contributed by atoms with Crippen molar-refractivity contribution in [3.05, 3.63) is 35.9 Å². The first kappa shape index (κ1) is 29.6. The lowest BCUT2D eigenvalue weighted by Gasteiger charge is -2.20. The van der Waals surface area contributed by atoms with Gasteiger partial charge in [-0.15, -0.1) is 0 Å². The Kier molecular flexibility index (Phi) is 11.9. The molecular weight excluding hydrogens is 474 g/mol. The van der Waals surface area contributed by atoms with Crippen LogP contribution in [0.1, 0.15) is 25.8 Å². The molecule has 12 heteroatoms. The van der Waals surface area contributed by atoms with Crippen molar-refractivity contribution in [1.82, 2.24) is 16.0 Å². The molecule has 0 aromatic heterocycles. The van der Waals surface area contributed by atoms with Gasteiger partial charge in [-0.3, -0.25) is 14.4 Å². The third-order valence-electron chi connectivity index (χ3n) is 4.79. The van der Waals surface area contributed by atoms with Crippen molar-refractivity contribution in [3.8, 4) is 0 Å². The number of hydrogen-bond acceptors (Lipinski definition) is 7. The van der Waals surface area contributed by atoms with Gasteiger partial charge in [-0.05, 0) is 25.5 Å². The van der Waals surface area contributed by atoms with Gasteiger partial charge in [-0.25, -0.2) is 9.59 Å². The van der Waals surface area contributed by atoms with Crippen LogP contribution in [0.3, 0.4) is 0 Å². The number of benzene rings is 1. The van der Waals surface area contributed by atoms with Gasteiger partial charge in [0.05, 0.1) is 13.0 Å². The first-order chi connectivity index (χ1) is 16.3. The Morgan fingerprint density at radius 1 is 0.886 bits per heavy atom. The van der Waals surface area contributed by atoms with Gasteiger partial charge in [-0.2, -0.15) is 0 Å². The maximum absolute atomic E-state index is 12.4. The van der Waals surface area contributed by atoms with Gasteiger partial charge >= 0.3 is 18.0 Å². The van der Waals surface area contributed by atoms with Crippen molar-refractivity contribution in [3.63, 3.8) is 0 Å². The molecule has 0 heterocycles. The number of carbonyl (C=O) groups excluding carboxylic acids is 4. The van der Waals surface area contributed by atoms with Gasteiger partial charge in [0.15, 0.2) is 0 Å². The van der Waals surface area contributed by atoms with Crippen molar-refractivity contribution >= 4 is 37.9 Å². The van der Waals surface area contributed by atoms with Gasteiger partial charge in [0.2, 0.25) is 11.8 Å². The molecule has 0 aliphatic heterocycles. The van der Waals surface area contributed by atoms with Crippen LogP contribution in [0.4, 0.5) is 4.79 Å². The number of hydrogen-bond donors (Lipinski definition) is 4. The van der Waals surface area contributed by atoms with Crippen molar-refractivity contribution in [2.45, 2.75) is 70.7 Å². The number of amides is 3. The Morgan fingerprint density at radius 2 is 1.46 bits per heavy atom. The van der Waals surface area contributed by atoms with E-state index in [9.17, 15) is 29.1 Å². The van der Waals surface area contributed by atoms with Gasteiger partial charge in [0.25, 0.3) is 0 Å². The van der Waals surface area contributed by atoms with Crippen molar-refractivity contribution in [2.75, 3.05) is 6.61 Å². The number of nitrogens with one attached hydrogen (secondary N) is 3. The largest absolute Gasteiger partial charge is 0.480 e. The lowest BCUT2D eigenvalue weighted by molar-refractivity contribution is -0.150. The third kappa shape index (κ3) is 12.6. The first-order valence-electron chi connectivity index (χ1n) is 11.2. The van der Waals surface area contributed by atoms with Crippen molar-refractivity contribution < 1.29 is 38.6 Å². The number of aliphatic carboxylic acids is 1. The fourth-order valence-corrected chi connectivity index (χ4v) is 3.32. The average molecular weight is 510 g/mol. The minimum atomic E-state index is -1.51. The van der Waals surface area contributed by atoms with Crippen molar-refractivity contribution in [1.29, 1.82) is 0 Å². The highest BCUT2D eigenvalue weighted by Crippen LogP contribution is 2.08. The Labute approximate surface area is 205 Å².